The zero-order valence-corrected chi connectivity index (χ0v) is 11.2. The van der Waals surface area contributed by atoms with Crippen molar-refractivity contribution in [3.63, 3.8) is 0 Å². The van der Waals surface area contributed by atoms with Gasteiger partial charge in [0, 0.05) is 23.5 Å². The first-order valence-corrected chi connectivity index (χ1v) is 7.72. The lowest BCUT2D eigenvalue weighted by Gasteiger charge is -2.08. The normalized spacial score (nSPS) is 11.4. The van der Waals surface area contributed by atoms with Crippen LogP contribution in [0.1, 0.15) is 0 Å². The number of rotatable bonds is 3. The number of benzene rings is 1. The van der Waals surface area contributed by atoms with Crippen molar-refractivity contribution < 1.29 is 8.42 Å². The summed E-state index contributed by atoms with van der Waals surface area (Å²) in [5.41, 5.74) is 6.10. The Balaban J connectivity index is 2.42. The Kier molecular flexibility index (Phi) is 3.53. The molecule has 0 saturated carbocycles. The van der Waals surface area contributed by atoms with Gasteiger partial charge < -0.3 is 5.73 Å². The Morgan fingerprint density at radius 2 is 1.83 bits per heavy atom. The van der Waals surface area contributed by atoms with Crippen molar-refractivity contribution in [1.29, 1.82) is 0 Å². The number of sulfone groups is 1. The molecular weight excluding hydrogens is 270 g/mol. The van der Waals surface area contributed by atoms with E-state index in [1.165, 1.54) is 17.8 Å². The Bertz CT molecular complexity index is 657. The fourth-order valence-corrected chi connectivity index (χ4v) is 3.06. The Labute approximate surface area is 109 Å². The van der Waals surface area contributed by atoms with Crippen molar-refractivity contribution in [3.8, 4) is 0 Å². The molecular formula is C11H11N3O2S2. The molecule has 18 heavy (non-hydrogen) atoms. The van der Waals surface area contributed by atoms with E-state index in [-0.39, 0.29) is 10.6 Å². The average molecular weight is 281 g/mol. The maximum Gasteiger partial charge on any atom is 0.192 e. The second kappa shape index (κ2) is 4.95. The van der Waals surface area contributed by atoms with Gasteiger partial charge in [0.25, 0.3) is 0 Å². The van der Waals surface area contributed by atoms with E-state index in [1.807, 2.05) is 0 Å². The van der Waals surface area contributed by atoms with Crippen molar-refractivity contribution in [2.24, 2.45) is 0 Å². The summed E-state index contributed by atoms with van der Waals surface area (Å²) >= 11 is 1.23. The SMILES string of the molecule is CS(=O)(=O)c1cccc(Sc2ncccn2)c1N. The second-order valence-electron chi connectivity index (χ2n) is 3.57. The number of nitrogen functional groups attached to an aromatic ring is 1. The predicted octanol–water partition coefficient (Wildman–Crippen LogP) is 1.61. The summed E-state index contributed by atoms with van der Waals surface area (Å²) in [6.45, 7) is 0. The summed E-state index contributed by atoms with van der Waals surface area (Å²) in [4.78, 5) is 8.86. The number of hydrogen-bond acceptors (Lipinski definition) is 6. The minimum Gasteiger partial charge on any atom is -0.397 e. The topological polar surface area (TPSA) is 85.9 Å². The van der Waals surface area contributed by atoms with Gasteiger partial charge in [-0.1, -0.05) is 6.07 Å². The van der Waals surface area contributed by atoms with E-state index < -0.39 is 9.84 Å². The highest BCUT2D eigenvalue weighted by atomic mass is 32.2. The van der Waals surface area contributed by atoms with Crippen molar-refractivity contribution in [1.82, 2.24) is 9.97 Å². The highest BCUT2D eigenvalue weighted by molar-refractivity contribution is 7.99. The number of para-hydroxylation sites is 1. The lowest BCUT2D eigenvalue weighted by Crippen LogP contribution is -2.03. The zero-order valence-electron chi connectivity index (χ0n) is 9.57. The maximum absolute atomic E-state index is 11.5. The lowest BCUT2D eigenvalue weighted by atomic mass is 10.3. The summed E-state index contributed by atoms with van der Waals surface area (Å²) in [7, 11) is -3.33. The Morgan fingerprint density at radius 3 is 2.44 bits per heavy atom. The van der Waals surface area contributed by atoms with Gasteiger partial charge in [-0.3, -0.25) is 0 Å². The molecule has 1 aromatic carbocycles. The van der Waals surface area contributed by atoms with Gasteiger partial charge in [0.2, 0.25) is 0 Å². The van der Waals surface area contributed by atoms with Crippen molar-refractivity contribution in [2.75, 3.05) is 12.0 Å². The van der Waals surface area contributed by atoms with Crippen LogP contribution in [-0.2, 0) is 9.84 Å². The average Bonchev–Trinajstić information content (AvgIpc) is 2.32. The summed E-state index contributed by atoms with van der Waals surface area (Å²) in [6.07, 6.45) is 4.37. The van der Waals surface area contributed by atoms with E-state index in [2.05, 4.69) is 9.97 Å². The predicted molar refractivity (Wildman–Crippen MR) is 70.1 cm³/mol. The largest absolute Gasteiger partial charge is 0.397 e. The van der Waals surface area contributed by atoms with E-state index in [0.29, 0.717) is 10.1 Å². The molecule has 0 fully saturated rings. The molecule has 0 spiro atoms. The fraction of sp³-hybridized carbons (Fsp3) is 0.0909. The first kappa shape index (κ1) is 12.8. The molecule has 0 amide bonds. The maximum atomic E-state index is 11.5. The van der Waals surface area contributed by atoms with Crippen LogP contribution >= 0.6 is 11.8 Å². The van der Waals surface area contributed by atoms with Crippen LogP contribution in [-0.4, -0.2) is 24.6 Å². The molecule has 7 heteroatoms. The Morgan fingerprint density at radius 1 is 1.17 bits per heavy atom. The number of nitrogens with two attached hydrogens (primary N) is 1. The van der Waals surface area contributed by atoms with E-state index >= 15 is 0 Å². The summed E-state index contributed by atoms with van der Waals surface area (Å²) in [5, 5.41) is 0.523. The summed E-state index contributed by atoms with van der Waals surface area (Å²) in [6, 6.07) is 6.59. The molecule has 0 aliphatic carbocycles. The molecule has 0 atom stereocenters. The third-order valence-corrected chi connectivity index (χ3v) is 4.29. The minimum atomic E-state index is -3.33. The van der Waals surface area contributed by atoms with Crippen LogP contribution in [0.3, 0.4) is 0 Å². The smallest absolute Gasteiger partial charge is 0.192 e. The number of anilines is 1. The molecule has 2 N–H and O–H groups in total. The molecule has 0 aliphatic rings. The van der Waals surface area contributed by atoms with Gasteiger partial charge in [0.15, 0.2) is 15.0 Å². The highest BCUT2D eigenvalue weighted by Crippen LogP contribution is 2.33. The first-order valence-electron chi connectivity index (χ1n) is 5.02. The van der Waals surface area contributed by atoms with Crippen LogP contribution in [0.5, 0.6) is 0 Å². The summed E-state index contributed by atoms with van der Waals surface area (Å²) in [5.74, 6) is 0. The molecule has 5 nitrogen and oxygen atoms in total. The minimum absolute atomic E-state index is 0.128. The van der Waals surface area contributed by atoms with Crippen LogP contribution < -0.4 is 5.73 Å². The van der Waals surface area contributed by atoms with Crippen LogP contribution in [0.2, 0.25) is 0 Å². The van der Waals surface area contributed by atoms with Gasteiger partial charge in [-0.25, -0.2) is 18.4 Å². The van der Waals surface area contributed by atoms with E-state index in [1.54, 1.807) is 30.6 Å². The molecule has 0 saturated heterocycles. The van der Waals surface area contributed by atoms with E-state index in [0.717, 1.165) is 6.26 Å². The quantitative estimate of drug-likeness (QED) is 0.679. The molecule has 0 unspecified atom stereocenters. The molecule has 2 rings (SSSR count). The van der Waals surface area contributed by atoms with Gasteiger partial charge in [-0.2, -0.15) is 0 Å². The third kappa shape index (κ3) is 2.80. The number of nitrogens with zero attached hydrogens (tertiary/aromatic N) is 2. The van der Waals surface area contributed by atoms with Crippen molar-refractivity contribution in [3.05, 3.63) is 36.7 Å². The van der Waals surface area contributed by atoms with Crippen molar-refractivity contribution >= 4 is 27.3 Å². The third-order valence-electron chi connectivity index (χ3n) is 2.17. The standard InChI is InChI=1S/C11H11N3O2S2/c1-18(15,16)9-5-2-4-8(10(9)12)17-11-13-6-3-7-14-11/h2-7H,12H2,1H3. The van der Waals surface area contributed by atoms with E-state index in [9.17, 15) is 8.42 Å². The summed E-state index contributed by atoms with van der Waals surface area (Å²) < 4.78 is 23.1. The monoisotopic (exact) mass is 281 g/mol. The molecule has 1 heterocycles. The number of aromatic nitrogens is 2. The number of hydrogen-bond donors (Lipinski definition) is 1. The van der Waals surface area contributed by atoms with Gasteiger partial charge >= 0.3 is 0 Å². The zero-order chi connectivity index (χ0) is 13.2. The van der Waals surface area contributed by atoms with Crippen LogP contribution in [0.4, 0.5) is 5.69 Å². The first-order chi connectivity index (χ1) is 8.48. The molecule has 0 aliphatic heterocycles. The van der Waals surface area contributed by atoms with Gasteiger partial charge in [-0.05, 0) is 30.0 Å². The lowest BCUT2D eigenvalue weighted by molar-refractivity contribution is 0.602. The molecule has 0 bridgehead atoms. The van der Waals surface area contributed by atoms with Crippen LogP contribution in [0, 0.1) is 0 Å². The Hall–Kier alpha value is -1.60. The van der Waals surface area contributed by atoms with Gasteiger partial charge in [-0.15, -0.1) is 0 Å². The van der Waals surface area contributed by atoms with E-state index in [4.69, 9.17) is 5.73 Å². The second-order valence-corrected chi connectivity index (χ2v) is 6.57. The van der Waals surface area contributed by atoms with Crippen LogP contribution in [0.15, 0.2) is 51.6 Å². The van der Waals surface area contributed by atoms with Crippen molar-refractivity contribution in [2.45, 2.75) is 14.9 Å². The fourth-order valence-electron chi connectivity index (χ4n) is 1.37. The van der Waals surface area contributed by atoms with Gasteiger partial charge in [0.05, 0.1) is 10.6 Å². The molecule has 1 aromatic heterocycles. The molecule has 2 aromatic rings. The van der Waals surface area contributed by atoms with Gasteiger partial charge in [0.1, 0.15) is 0 Å². The van der Waals surface area contributed by atoms with Crippen LogP contribution in [0.25, 0.3) is 0 Å². The molecule has 0 radical (unpaired) electrons. The highest BCUT2D eigenvalue weighted by Gasteiger charge is 2.15. The molecule has 94 valence electrons.